The van der Waals surface area contributed by atoms with Crippen LogP contribution in [-0.2, 0) is 11.2 Å². The number of amides is 2. The highest BCUT2D eigenvalue weighted by molar-refractivity contribution is 7.10. The number of nitrogens with zero attached hydrogens (tertiary/aromatic N) is 2. The molecule has 5 nitrogen and oxygen atoms in total. The Labute approximate surface area is 222 Å². The molecule has 2 amide bonds. The van der Waals surface area contributed by atoms with Crippen molar-refractivity contribution in [2.45, 2.75) is 32.1 Å². The Hall–Kier alpha value is -3.77. The molecule has 0 saturated carbocycles. The van der Waals surface area contributed by atoms with Crippen LogP contribution in [-0.4, -0.2) is 34.8 Å². The van der Waals surface area contributed by atoms with Crippen LogP contribution in [0.25, 0.3) is 11.1 Å². The zero-order chi connectivity index (χ0) is 25.6. The van der Waals surface area contributed by atoms with E-state index in [0.29, 0.717) is 5.69 Å². The Bertz CT molecular complexity index is 1350. The molecule has 6 heteroatoms. The number of hydrogen-bond donors (Lipinski definition) is 1. The molecule has 188 valence electrons. The summed E-state index contributed by atoms with van der Waals surface area (Å²) in [5.74, 6) is 0.260. The number of carbonyl (C=O) groups excluding carboxylic acids is 2. The average Bonchev–Trinajstić information content (AvgIpc) is 3.45. The number of hydrogen-bond acceptors (Lipinski definition) is 4. The first-order valence-corrected chi connectivity index (χ1v) is 13.7. The monoisotopic (exact) mass is 509 g/mol. The molecule has 1 N–H and O–H groups in total. The molecule has 1 unspecified atom stereocenters. The van der Waals surface area contributed by atoms with Crippen LogP contribution in [0.15, 0.2) is 90.3 Å². The van der Waals surface area contributed by atoms with Crippen LogP contribution in [0.5, 0.6) is 0 Å². The summed E-state index contributed by atoms with van der Waals surface area (Å²) in [5, 5.41) is 5.87. The molecular weight excluding hydrogens is 478 g/mol. The summed E-state index contributed by atoms with van der Waals surface area (Å²) < 4.78 is 0. The van der Waals surface area contributed by atoms with Crippen LogP contribution in [0.2, 0.25) is 0 Å². The van der Waals surface area contributed by atoms with Crippen molar-refractivity contribution >= 4 is 28.8 Å². The van der Waals surface area contributed by atoms with E-state index in [1.54, 1.807) is 0 Å². The highest BCUT2D eigenvalue weighted by atomic mass is 32.1. The molecule has 1 fully saturated rings. The number of nitrogens with one attached hydrogen (secondary N) is 1. The van der Waals surface area contributed by atoms with Gasteiger partial charge >= 0.3 is 0 Å². The molecule has 3 aromatic carbocycles. The number of para-hydroxylation sites is 1. The van der Waals surface area contributed by atoms with Gasteiger partial charge in [0.05, 0.1) is 5.01 Å². The number of thiazole rings is 1. The van der Waals surface area contributed by atoms with Crippen molar-refractivity contribution in [2.24, 2.45) is 5.92 Å². The maximum absolute atomic E-state index is 13.0. The van der Waals surface area contributed by atoms with Gasteiger partial charge in [0.1, 0.15) is 5.69 Å². The zero-order valence-electron chi connectivity index (χ0n) is 21.0. The molecule has 1 aromatic heterocycles. The van der Waals surface area contributed by atoms with Crippen molar-refractivity contribution in [1.82, 2.24) is 9.88 Å². The predicted molar refractivity (Wildman–Crippen MR) is 150 cm³/mol. The zero-order valence-corrected chi connectivity index (χ0v) is 21.8. The first-order chi connectivity index (χ1) is 18.1. The van der Waals surface area contributed by atoms with Crippen molar-refractivity contribution in [3.63, 3.8) is 0 Å². The predicted octanol–water partition coefficient (Wildman–Crippen LogP) is 6.65. The Morgan fingerprint density at radius 3 is 2.32 bits per heavy atom. The molecule has 0 bridgehead atoms. The normalized spacial score (nSPS) is 14.8. The molecule has 4 aromatic rings. The van der Waals surface area contributed by atoms with Crippen LogP contribution >= 0.6 is 11.3 Å². The minimum atomic E-state index is -0.201. The molecule has 2 heterocycles. The molecule has 0 aliphatic carbocycles. The van der Waals surface area contributed by atoms with Gasteiger partial charge in [0.15, 0.2) is 0 Å². The quantitative estimate of drug-likeness (QED) is 0.303. The van der Waals surface area contributed by atoms with E-state index in [-0.39, 0.29) is 23.7 Å². The number of aromatic nitrogens is 1. The van der Waals surface area contributed by atoms with E-state index in [0.717, 1.165) is 54.2 Å². The van der Waals surface area contributed by atoms with E-state index < -0.39 is 0 Å². The molecule has 0 spiro atoms. The standard InChI is InChI=1S/C31H31N3O2S/c1-22(20-23-10-4-2-5-11-23)31(36)34-18-16-25(17-19-34)30-33-28(21-37-30)29(35)32-27-15-9-8-14-26(27)24-12-6-3-7-13-24/h2-15,21-22,25H,16-20H2,1H3,(H,32,35). The third-order valence-corrected chi connectivity index (χ3v) is 7.98. The number of likely N-dealkylation sites (tertiary alicyclic amines) is 1. The highest BCUT2D eigenvalue weighted by Gasteiger charge is 2.28. The summed E-state index contributed by atoms with van der Waals surface area (Å²) in [6.07, 6.45) is 2.50. The van der Waals surface area contributed by atoms with Gasteiger partial charge in [0, 0.05) is 41.6 Å². The van der Waals surface area contributed by atoms with Crippen LogP contribution in [0, 0.1) is 5.92 Å². The lowest BCUT2D eigenvalue weighted by Gasteiger charge is -2.33. The summed E-state index contributed by atoms with van der Waals surface area (Å²) >= 11 is 1.54. The molecule has 0 radical (unpaired) electrons. The maximum Gasteiger partial charge on any atom is 0.275 e. The SMILES string of the molecule is CC(Cc1ccccc1)C(=O)N1CCC(c2nc(C(=O)Nc3ccccc3-c3ccccc3)cs2)CC1. The fourth-order valence-electron chi connectivity index (χ4n) is 4.94. The molecule has 1 saturated heterocycles. The van der Waals surface area contributed by atoms with Crippen molar-refractivity contribution in [1.29, 1.82) is 0 Å². The Morgan fingerprint density at radius 1 is 0.946 bits per heavy atom. The van der Waals surface area contributed by atoms with Crippen LogP contribution in [0.3, 0.4) is 0 Å². The van der Waals surface area contributed by atoms with Gasteiger partial charge in [-0.15, -0.1) is 11.3 Å². The van der Waals surface area contributed by atoms with Gasteiger partial charge in [-0.1, -0.05) is 85.8 Å². The Morgan fingerprint density at radius 2 is 1.59 bits per heavy atom. The van der Waals surface area contributed by atoms with Crippen molar-refractivity contribution in [2.75, 3.05) is 18.4 Å². The van der Waals surface area contributed by atoms with Gasteiger partial charge in [-0.05, 0) is 36.5 Å². The Balaban J connectivity index is 1.18. The van der Waals surface area contributed by atoms with Gasteiger partial charge < -0.3 is 10.2 Å². The summed E-state index contributed by atoms with van der Waals surface area (Å²) in [4.78, 5) is 32.7. The third kappa shape index (κ3) is 5.97. The lowest BCUT2D eigenvalue weighted by Crippen LogP contribution is -2.41. The van der Waals surface area contributed by atoms with E-state index in [4.69, 9.17) is 4.98 Å². The first-order valence-electron chi connectivity index (χ1n) is 12.8. The summed E-state index contributed by atoms with van der Waals surface area (Å²) in [5.41, 5.74) is 4.43. The van der Waals surface area contributed by atoms with E-state index >= 15 is 0 Å². The molecule has 37 heavy (non-hydrogen) atoms. The van der Waals surface area contributed by atoms with Crippen molar-refractivity contribution < 1.29 is 9.59 Å². The molecule has 1 aliphatic rings. The number of benzene rings is 3. The minimum Gasteiger partial charge on any atom is -0.342 e. The second-order valence-electron chi connectivity index (χ2n) is 9.63. The van der Waals surface area contributed by atoms with Crippen molar-refractivity contribution in [3.05, 3.63) is 107 Å². The fourth-order valence-corrected chi connectivity index (χ4v) is 5.91. The first kappa shape index (κ1) is 24.9. The maximum atomic E-state index is 13.0. The van der Waals surface area contributed by atoms with Gasteiger partial charge in [-0.25, -0.2) is 4.98 Å². The van der Waals surface area contributed by atoms with E-state index in [1.165, 1.54) is 16.9 Å². The molecule has 5 rings (SSSR count). The molecular formula is C31H31N3O2S. The second kappa shape index (κ2) is 11.5. The van der Waals surface area contributed by atoms with Gasteiger partial charge in [0.2, 0.25) is 5.91 Å². The van der Waals surface area contributed by atoms with Crippen LogP contribution in [0.4, 0.5) is 5.69 Å². The van der Waals surface area contributed by atoms with Gasteiger partial charge in [0.25, 0.3) is 5.91 Å². The third-order valence-electron chi connectivity index (χ3n) is 6.98. The number of carbonyl (C=O) groups is 2. The van der Waals surface area contributed by atoms with Crippen LogP contribution < -0.4 is 5.32 Å². The van der Waals surface area contributed by atoms with Gasteiger partial charge in [-0.2, -0.15) is 0 Å². The number of rotatable bonds is 7. The van der Waals surface area contributed by atoms with E-state index in [2.05, 4.69) is 17.4 Å². The van der Waals surface area contributed by atoms with E-state index in [1.807, 2.05) is 90.0 Å². The lowest BCUT2D eigenvalue weighted by molar-refractivity contribution is -0.136. The summed E-state index contributed by atoms with van der Waals surface area (Å²) in [7, 11) is 0. The largest absolute Gasteiger partial charge is 0.342 e. The smallest absolute Gasteiger partial charge is 0.275 e. The highest BCUT2D eigenvalue weighted by Crippen LogP contribution is 2.32. The average molecular weight is 510 g/mol. The lowest BCUT2D eigenvalue weighted by atomic mass is 9.94. The fraction of sp³-hybridized carbons (Fsp3) is 0.258. The Kier molecular flexibility index (Phi) is 7.76. The summed E-state index contributed by atoms with van der Waals surface area (Å²) in [6, 6.07) is 28.0. The molecule has 1 atom stereocenters. The van der Waals surface area contributed by atoms with Crippen molar-refractivity contribution in [3.8, 4) is 11.1 Å². The number of piperidine rings is 1. The minimum absolute atomic E-state index is 0.0344. The second-order valence-corrected chi connectivity index (χ2v) is 10.5. The van der Waals surface area contributed by atoms with Gasteiger partial charge in [-0.3, -0.25) is 9.59 Å². The topological polar surface area (TPSA) is 62.3 Å². The van der Waals surface area contributed by atoms with E-state index in [9.17, 15) is 9.59 Å². The number of anilines is 1. The summed E-state index contributed by atoms with van der Waals surface area (Å²) in [6.45, 7) is 3.48. The molecule has 1 aliphatic heterocycles. The van der Waals surface area contributed by atoms with Crippen LogP contribution in [0.1, 0.15) is 46.7 Å².